The lowest BCUT2D eigenvalue weighted by Crippen LogP contribution is -2.02. The van der Waals surface area contributed by atoms with Crippen LogP contribution in [0.2, 0.25) is 0 Å². The van der Waals surface area contributed by atoms with Gasteiger partial charge in [0.15, 0.2) is 0 Å². The predicted molar refractivity (Wildman–Crippen MR) is 68.2 cm³/mol. The summed E-state index contributed by atoms with van der Waals surface area (Å²) in [4.78, 5) is 14.2. The fourth-order valence-electron chi connectivity index (χ4n) is 1.55. The van der Waals surface area contributed by atoms with Gasteiger partial charge in [-0.15, -0.1) is 0 Å². The number of carboxylic acid groups (broad SMARTS) is 1. The number of hydrogen-bond donors (Lipinski definition) is 2. The highest BCUT2D eigenvalue weighted by Crippen LogP contribution is 2.07. The number of carboxylic acids is 1. The number of pyridine rings is 1. The number of aliphatic carboxylic acids is 1. The van der Waals surface area contributed by atoms with Gasteiger partial charge < -0.3 is 10.4 Å². The highest BCUT2D eigenvalue weighted by molar-refractivity contribution is 5.66. The van der Waals surface area contributed by atoms with E-state index < -0.39 is 5.97 Å². The van der Waals surface area contributed by atoms with E-state index in [1.807, 2.05) is 12.1 Å². The number of nitrogens with one attached hydrogen (secondary N) is 1. The molecule has 0 aliphatic heterocycles. The van der Waals surface area contributed by atoms with Crippen molar-refractivity contribution < 1.29 is 9.90 Å². The van der Waals surface area contributed by atoms with Gasteiger partial charge in [-0.2, -0.15) is 5.26 Å². The number of anilines is 1. The number of aromatic nitrogens is 1. The van der Waals surface area contributed by atoms with Gasteiger partial charge in [0.2, 0.25) is 0 Å². The van der Waals surface area contributed by atoms with Crippen molar-refractivity contribution in [3.05, 3.63) is 24.0 Å². The van der Waals surface area contributed by atoms with E-state index in [1.54, 1.807) is 12.3 Å². The monoisotopic (exact) mass is 247 g/mol. The van der Waals surface area contributed by atoms with E-state index in [4.69, 9.17) is 10.4 Å². The smallest absolute Gasteiger partial charge is 0.303 e. The Balaban J connectivity index is 2.07. The van der Waals surface area contributed by atoms with Gasteiger partial charge >= 0.3 is 5.97 Å². The van der Waals surface area contributed by atoms with Gasteiger partial charge in [0.1, 0.15) is 11.8 Å². The molecule has 0 unspecified atom stereocenters. The minimum Gasteiger partial charge on any atom is -0.481 e. The summed E-state index contributed by atoms with van der Waals surface area (Å²) in [6.45, 7) is 0.834. The van der Waals surface area contributed by atoms with E-state index in [0.29, 0.717) is 5.69 Å². The molecular formula is C13H17N3O2. The minimum absolute atomic E-state index is 0.257. The van der Waals surface area contributed by atoms with Crippen LogP contribution >= 0.6 is 0 Å². The Kier molecular flexibility index (Phi) is 6.26. The molecule has 0 saturated heterocycles. The molecule has 0 spiro atoms. The van der Waals surface area contributed by atoms with Gasteiger partial charge in [-0.25, -0.2) is 4.98 Å². The maximum absolute atomic E-state index is 10.3. The Morgan fingerprint density at radius 3 is 2.72 bits per heavy atom. The van der Waals surface area contributed by atoms with E-state index in [2.05, 4.69) is 10.3 Å². The lowest BCUT2D eigenvalue weighted by atomic mass is 10.1. The molecule has 18 heavy (non-hydrogen) atoms. The van der Waals surface area contributed by atoms with Crippen molar-refractivity contribution in [2.75, 3.05) is 11.9 Å². The third-order valence-electron chi connectivity index (χ3n) is 2.52. The Morgan fingerprint density at radius 1 is 1.33 bits per heavy atom. The first-order valence-corrected chi connectivity index (χ1v) is 6.04. The van der Waals surface area contributed by atoms with Gasteiger partial charge in [0.05, 0.1) is 11.9 Å². The van der Waals surface area contributed by atoms with E-state index in [-0.39, 0.29) is 6.42 Å². The zero-order valence-corrected chi connectivity index (χ0v) is 10.2. The zero-order chi connectivity index (χ0) is 13.2. The Bertz CT molecular complexity index is 409. The standard InChI is InChI=1S/C13H17N3O2/c14-9-11-6-7-12(10-16-11)15-8-4-2-1-3-5-13(17)18/h6-7,10,15H,1-5,8H2,(H,17,18). The molecule has 0 fully saturated rings. The second-order valence-corrected chi connectivity index (χ2v) is 4.03. The first kappa shape index (κ1) is 14.0. The summed E-state index contributed by atoms with van der Waals surface area (Å²) in [6, 6.07) is 5.47. The van der Waals surface area contributed by atoms with Gasteiger partial charge in [0.25, 0.3) is 0 Å². The molecule has 0 bridgehead atoms. The highest BCUT2D eigenvalue weighted by Gasteiger charge is 1.97. The van der Waals surface area contributed by atoms with E-state index >= 15 is 0 Å². The van der Waals surface area contributed by atoms with Gasteiger partial charge in [-0.3, -0.25) is 4.79 Å². The third kappa shape index (κ3) is 5.85. The quantitative estimate of drug-likeness (QED) is 0.689. The second kappa shape index (κ2) is 8.07. The van der Waals surface area contributed by atoms with Gasteiger partial charge in [-0.1, -0.05) is 12.8 Å². The normalized spacial score (nSPS) is 9.72. The molecule has 0 atom stereocenters. The summed E-state index contributed by atoms with van der Waals surface area (Å²) in [6.07, 6.45) is 5.60. The average Bonchev–Trinajstić information content (AvgIpc) is 2.38. The van der Waals surface area contributed by atoms with Crippen molar-refractivity contribution in [3.8, 4) is 6.07 Å². The molecule has 0 aliphatic carbocycles. The zero-order valence-electron chi connectivity index (χ0n) is 10.2. The van der Waals surface area contributed by atoms with Crippen LogP contribution in [0, 0.1) is 11.3 Å². The van der Waals surface area contributed by atoms with Gasteiger partial charge in [-0.05, 0) is 25.0 Å². The van der Waals surface area contributed by atoms with Crippen molar-refractivity contribution in [1.29, 1.82) is 5.26 Å². The predicted octanol–water partition coefficient (Wildman–Crippen LogP) is 2.40. The molecule has 0 saturated carbocycles. The lowest BCUT2D eigenvalue weighted by Gasteiger charge is -2.05. The summed E-state index contributed by atoms with van der Waals surface area (Å²) in [5.74, 6) is -0.725. The van der Waals surface area contributed by atoms with Crippen molar-refractivity contribution in [1.82, 2.24) is 4.98 Å². The molecule has 0 radical (unpaired) electrons. The topological polar surface area (TPSA) is 86.0 Å². The third-order valence-corrected chi connectivity index (χ3v) is 2.52. The summed E-state index contributed by atoms with van der Waals surface area (Å²) in [5.41, 5.74) is 1.31. The fourth-order valence-corrected chi connectivity index (χ4v) is 1.55. The van der Waals surface area contributed by atoms with Crippen LogP contribution in [0.15, 0.2) is 18.3 Å². The largest absolute Gasteiger partial charge is 0.481 e. The molecule has 5 nitrogen and oxygen atoms in total. The van der Waals surface area contributed by atoms with E-state index in [1.165, 1.54) is 0 Å². The van der Waals surface area contributed by atoms with Gasteiger partial charge in [0, 0.05) is 13.0 Å². The molecule has 5 heteroatoms. The number of nitriles is 1. The number of rotatable bonds is 8. The first-order chi connectivity index (χ1) is 8.72. The van der Waals surface area contributed by atoms with Crippen LogP contribution in [0.4, 0.5) is 5.69 Å². The van der Waals surface area contributed by atoms with Crippen LogP contribution < -0.4 is 5.32 Å². The minimum atomic E-state index is -0.725. The molecule has 2 N–H and O–H groups in total. The molecule has 1 aromatic heterocycles. The molecule has 96 valence electrons. The Hall–Kier alpha value is -2.09. The van der Waals surface area contributed by atoms with Crippen molar-refractivity contribution in [3.63, 3.8) is 0 Å². The molecule has 0 amide bonds. The lowest BCUT2D eigenvalue weighted by molar-refractivity contribution is -0.137. The van der Waals surface area contributed by atoms with Crippen LogP contribution in [0.1, 0.15) is 37.8 Å². The number of nitrogens with zero attached hydrogens (tertiary/aromatic N) is 2. The summed E-state index contributed by atoms with van der Waals surface area (Å²) in [7, 11) is 0. The number of carbonyl (C=O) groups is 1. The van der Waals surface area contributed by atoms with Crippen LogP contribution in [-0.2, 0) is 4.79 Å². The molecule has 1 rings (SSSR count). The highest BCUT2D eigenvalue weighted by atomic mass is 16.4. The summed E-state index contributed by atoms with van der Waals surface area (Å²) < 4.78 is 0. The van der Waals surface area contributed by atoms with Crippen LogP contribution in [-0.4, -0.2) is 22.6 Å². The SMILES string of the molecule is N#Cc1ccc(NCCCCCCC(=O)O)cn1. The van der Waals surface area contributed by atoms with Crippen LogP contribution in [0.5, 0.6) is 0 Å². The molecule has 0 aromatic carbocycles. The molecule has 1 aromatic rings. The second-order valence-electron chi connectivity index (χ2n) is 4.03. The Labute approximate surface area is 106 Å². The molecule has 0 aliphatic rings. The van der Waals surface area contributed by atoms with Crippen molar-refractivity contribution in [2.24, 2.45) is 0 Å². The number of unbranched alkanes of at least 4 members (excludes halogenated alkanes) is 3. The van der Waals surface area contributed by atoms with Crippen LogP contribution in [0.3, 0.4) is 0 Å². The first-order valence-electron chi connectivity index (χ1n) is 6.04. The maximum Gasteiger partial charge on any atom is 0.303 e. The van der Waals surface area contributed by atoms with E-state index in [0.717, 1.165) is 37.9 Å². The number of hydrogen-bond acceptors (Lipinski definition) is 4. The fraction of sp³-hybridized carbons (Fsp3) is 0.462. The Morgan fingerprint density at radius 2 is 2.11 bits per heavy atom. The maximum atomic E-state index is 10.3. The summed E-state index contributed by atoms with van der Waals surface area (Å²) in [5, 5.41) is 20.3. The molecular weight excluding hydrogens is 230 g/mol. The van der Waals surface area contributed by atoms with E-state index in [9.17, 15) is 4.79 Å². The van der Waals surface area contributed by atoms with Crippen molar-refractivity contribution >= 4 is 11.7 Å². The average molecular weight is 247 g/mol. The van der Waals surface area contributed by atoms with Crippen LogP contribution in [0.25, 0.3) is 0 Å². The molecule has 1 heterocycles. The van der Waals surface area contributed by atoms with Crippen molar-refractivity contribution in [2.45, 2.75) is 32.1 Å². The summed E-state index contributed by atoms with van der Waals surface area (Å²) >= 11 is 0.